The Bertz CT molecular complexity index is 472. The lowest BCUT2D eigenvalue weighted by atomic mass is 10.8. The smallest absolute Gasteiger partial charge is 0.125 e. The van der Waals surface area contributed by atoms with Crippen molar-refractivity contribution < 1.29 is 10.1 Å². The Labute approximate surface area is 90.6 Å². The predicted molar refractivity (Wildman–Crippen MR) is 48.7 cm³/mol. The lowest BCUT2D eigenvalue weighted by molar-refractivity contribution is -0.420. The summed E-state index contributed by atoms with van der Waals surface area (Å²) in [5.74, 6) is -2.16. The van der Waals surface area contributed by atoms with Crippen LogP contribution in [0.3, 0.4) is 0 Å². The van der Waals surface area contributed by atoms with Crippen molar-refractivity contribution in [2.45, 2.75) is 0 Å². The molecule has 0 amide bonds. The Morgan fingerprint density at radius 1 is 1.12 bits per heavy atom. The Morgan fingerprint density at radius 2 is 1.59 bits per heavy atom. The average molecular weight is 240 g/mol. The second kappa shape index (κ2) is 4.99. The molecule has 0 aliphatic rings. The van der Waals surface area contributed by atoms with E-state index in [1.54, 1.807) is 0 Å². The highest BCUT2D eigenvalue weighted by molar-refractivity contribution is 5.41. The largest absolute Gasteiger partial charge is 0.350 e. The molecule has 0 spiro atoms. The minimum Gasteiger partial charge on any atom is -0.350 e. The SMILES string of the molecule is [N-]=[N+]=Nc1nc([N-][N+](=O)[O-])nc([N-][N+](=O)[O-])n1. The first kappa shape index (κ1) is 11.8. The fraction of sp³-hybridized carbons (Fsp3) is 0. The third kappa shape index (κ3) is 3.76. The summed E-state index contributed by atoms with van der Waals surface area (Å²) in [6.45, 7) is 0. The molecular weight excluding hydrogens is 240 g/mol. The third-order valence-electron chi connectivity index (χ3n) is 1.08. The standard InChI is InChI=1S/C3N10O4/c4-11-8-1-5-2(9-12(14)15)7-3(6-1)10-13(16)17/q-2. The molecule has 88 valence electrons. The first-order valence-corrected chi connectivity index (χ1v) is 3.54. The summed E-state index contributed by atoms with van der Waals surface area (Å²) in [7, 11) is 0. The van der Waals surface area contributed by atoms with Crippen LogP contribution in [0.25, 0.3) is 21.3 Å². The third-order valence-corrected chi connectivity index (χ3v) is 1.08. The van der Waals surface area contributed by atoms with E-state index >= 15 is 0 Å². The van der Waals surface area contributed by atoms with Crippen molar-refractivity contribution >= 4 is 17.8 Å². The molecule has 0 N–H and O–H groups in total. The Hall–Kier alpha value is -3.28. The summed E-state index contributed by atoms with van der Waals surface area (Å²) < 4.78 is 0. The topological polar surface area (TPSA) is 202 Å². The number of hydrogen-bond acceptors (Lipinski definition) is 8. The van der Waals surface area contributed by atoms with Gasteiger partial charge in [-0.2, -0.15) is 0 Å². The monoisotopic (exact) mass is 240 g/mol. The molecule has 14 heteroatoms. The zero-order valence-corrected chi connectivity index (χ0v) is 7.61. The van der Waals surface area contributed by atoms with Gasteiger partial charge >= 0.3 is 0 Å². The number of nitro groups is 2. The second-order valence-electron chi connectivity index (χ2n) is 2.10. The second-order valence-corrected chi connectivity index (χ2v) is 2.10. The zero-order chi connectivity index (χ0) is 12.8. The zero-order valence-electron chi connectivity index (χ0n) is 7.61. The maximum atomic E-state index is 10.0. The van der Waals surface area contributed by atoms with Gasteiger partial charge in [-0.05, 0) is 5.53 Å². The van der Waals surface area contributed by atoms with E-state index < -0.39 is 27.9 Å². The predicted octanol–water partition coefficient (Wildman–Crippen LogP) is 1.21. The molecule has 1 rings (SSSR count). The van der Waals surface area contributed by atoms with Gasteiger partial charge in [0.05, 0.1) is 17.8 Å². The molecule has 0 fully saturated rings. The van der Waals surface area contributed by atoms with Crippen LogP contribution in [0.15, 0.2) is 5.11 Å². The first-order chi connectivity index (χ1) is 8.01. The van der Waals surface area contributed by atoms with Crippen LogP contribution in [-0.4, -0.2) is 25.0 Å². The van der Waals surface area contributed by atoms with Crippen molar-refractivity contribution in [2.24, 2.45) is 5.11 Å². The van der Waals surface area contributed by atoms with Crippen LogP contribution in [-0.2, 0) is 0 Å². The summed E-state index contributed by atoms with van der Waals surface area (Å²) in [4.78, 5) is 32.0. The summed E-state index contributed by atoms with van der Waals surface area (Å²) in [5, 5.41) is 20.7. The van der Waals surface area contributed by atoms with Gasteiger partial charge in [0.2, 0.25) is 0 Å². The minimum absolute atomic E-state index is 0.622. The van der Waals surface area contributed by atoms with Crippen LogP contribution < -0.4 is 0 Å². The van der Waals surface area contributed by atoms with Gasteiger partial charge in [0.25, 0.3) is 0 Å². The highest BCUT2D eigenvalue weighted by atomic mass is 16.7. The van der Waals surface area contributed by atoms with Crippen LogP contribution in [0.5, 0.6) is 0 Å². The molecule has 17 heavy (non-hydrogen) atoms. The van der Waals surface area contributed by atoms with E-state index in [0.29, 0.717) is 0 Å². The summed E-state index contributed by atoms with van der Waals surface area (Å²) in [6, 6.07) is 0. The average Bonchev–Trinajstić information content (AvgIpc) is 2.14. The van der Waals surface area contributed by atoms with Gasteiger partial charge in [0.15, 0.2) is 0 Å². The maximum absolute atomic E-state index is 10.0. The molecular formula is C3N10O4-2. The van der Waals surface area contributed by atoms with Crippen LogP contribution in [0.2, 0.25) is 0 Å². The van der Waals surface area contributed by atoms with E-state index in [9.17, 15) is 20.2 Å². The van der Waals surface area contributed by atoms with Crippen molar-refractivity contribution in [1.29, 1.82) is 0 Å². The van der Waals surface area contributed by atoms with Gasteiger partial charge in [-0.3, -0.25) is 0 Å². The molecule has 1 heterocycles. The molecule has 0 saturated carbocycles. The van der Waals surface area contributed by atoms with Crippen molar-refractivity contribution in [3.8, 4) is 0 Å². The molecule has 0 radical (unpaired) electrons. The summed E-state index contributed by atoms with van der Waals surface area (Å²) in [6.07, 6.45) is 0. The quantitative estimate of drug-likeness (QED) is 0.241. The number of azide groups is 1. The first-order valence-electron chi connectivity index (χ1n) is 3.54. The van der Waals surface area contributed by atoms with Crippen LogP contribution in [0, 0.1) is 20.2 Å². The van der Waals surface area contributed by atoms with E-state index in [2.05, 4.69) is 35.8 Å². The van der Waals surface area contributed by atoms with Gasteiger partial charge in [0.1, 0.15) is 10.1 Å². The van der Waals surface area contributed by atoms with Crippen LogP contribution in [0.4, 0.5) is 17.8 Å². The maximum Gasteiger partial charge on any atom is 0.125 e. The Morgan fingerprint density at radius 3 is 1.94 bits per heavy atom. The number of rotatable bonds is 5. The molecule has 0 aliphatic carbocycles. The van der Waals surface area contributed by atoms with Crippen molar-refractivity contribution in [1.82, 2.24) is 15.0 Å². The molecule has 1 aromatic heterocycles. The highest BCUT2D eigenvalue weighted by Gasteiger charge is 2.00. The van der Waals surface area contributed by atoms with Gasteiger partial charge in [-0.25, -0.2) is 20.2 Å². The molecule has 0 aliphatic heterocycles. The van der Waals surface area contributed by atoms with Gasteiger partial charge < -0.3 is 15.0 Å². The fourth-order valence-corrected chi connectivity index (χ4v) is 0.664. The number of hydrogen-bond donors (Lipinski definition) is 0. The van der Waals surface area contributed by atoms with Crippen LogP contribution in [0.1, 0.15) is 0 Å². The van der Waals surface area contributed by atoms with Gasteiger partial charge in [-0.15, -0.1) is 0 Å². The fourth-order valence-electron chi connectivity index (χ4n) is 0.664. The molecule has 0 saturated heterocycles. The van der Waals surface area contributed by atoms with Gasteiger partial charge in [0, 0.05) is 4.91 Å². The summed E-state index contributed by atoms with van der Waals surface area (Å²) in [5.41, 5.74) is 13.4. The minimum atomic E-state index is -1.13. The van der Waals surface area contributed by atoms with E-state index in [1.165, 1.54) is 0 Å². The van der Waals surface area contributed by atoms with E-state index in [-0.39, 0.29) is 0 Å². The lowest BCUT2D eigenvalue weighted by Gasteiger charge is -2.11. The van der Waals surface area contributed by atoms with E-state index in [4.69, 9.17) is 5.53 Å². The van der Waals surface area contributed by atoms with Crippen LogP contribution >= 0.6 is 0 Å². The molecule has 0 unspecified atom stereocenters. The Kier molecular flexibility index (Phi) is 3.46. The van der Waals surface area contributed by atoms with Crippen molar-refractivity contribution in [2.75, 3.05) is 0 Å². The number of nitrogens with zero attached hydrogens (tertiary/aromatic N) is 10. The highest BCUT2D eigenvalue weighted by Crippen LogP contribution is 2.21. The van der Waals surface area contributed by atoms with E-state index in [0.717, 1.165) is 0 Å². The summed E-state index contributed by atoms with van der Waals surface area (Å²) >= 11 is 0. The number of aromatic nitrogens is 3. The molecule has 0 atom stereocenters. The van der Waals surface area contributed by atoms with E-state index in [1.807, 2.05) is 0 Å². The van der Waals surface area contributed by atoms with Gasteiger partial charge in [-0.1, -0.05) is 16.0 Å². The molecule has 1 aromatic rings. The Balaban J connectivity index is 3.12. The lowest BCUT2D eigenvalue weighted by Crippen LogP contribution is -1.96. The van der Waals surface area contributed by atoms with Crippen molar-refractivity contribution in [3.05, 3.63) is 41.5 Å². The molecule has 0 aromatic carbocycles. The normalized spacial score (nSPS) is 8.94. The molecule has 0 bridgehead atoms. The van der Waals surface area contributed by atoms with Crippen molar-refractivity contribution in [3.63, 3.8) is 0 Å². The molecule has 14 nitrogen and oxygen atoms in total.